The molecule has 0 atom stereocenters. The SMILES string of the molecule is COc1cccc(C)c1C(=O)CC1=CCCC=C1. The van der Waals surface area contributed by atoms with Gasteiger partial charge in [-0.1, -0.05) is 30.4 Å². The van der Waals surface area contributed by atoms with Crippen LogP contribution in [0, 0.1) is 6.92 Å². The van der Waals surface area contributed by atoms with Crippen molar-refractivity contribution in [2.45, 2.75) is 26.2 Å². The van der Waals surface area contributed by atoms with Crippen LogP contribution in [0.5, 0.6) is 5.75 Å². The first kappa shape index (κ1) is 12.6. The molecule has 0 spiro atoms. The number of ketones is 1. The Balaban J connectivity index is 2.23. The zero-order chi connectivity index (χ0) is 13.0. The van der Waals surface area contributed by atoms with Crippen molar-refractivity contribution in [3.63, 3.8) is 0 Å². The van der Waals surface area contributed by atoms with Gasteiger partial charge in [-0.05, 0) is 37.0 Å². The average molecular weight is 242 g/mol. The third-order valence-corrected chi connectivity index (χ3v) is 3.17. The minimum atomic E-state index is 0.128. The van der Waals surface area contributed by atoms with E-state index in [9.17, 15) is 4.79 Å². The Labute approximate surface area is 108 Å². The monoisotopic (exact) mass is 242 g/mol. The van der Waals surface area contributed by atoms with E-state index in [1.807, 2.05) is 31.2 Å². The number of ether oxygens (including phenoxy) is 1. The summed E-state index contributed by atoms with van der Waals surface area (Å²) in [6, 6.07) is 5.69. The maximum absolute atomic E-state index is 12.4. The highest BCUT2D eigenvalue weighted by Gasteiger charge is 2.15. The highest BCUT2D eigenvalue weighted by molar-refractivity contribution is 6.01. The fraction of sp³-hybridized carbons (Fsp3) is 0.312. The van der Waals surface area contributed by atoms with Crippen molar-refractivity contribution < 1.29 is 9.53 Å². The van der Waals surface area contributed by atoms with Crippen LogP contribution in [-0.4, -0.2) is 12.9 Å². The molecule has 0 aromatic heterocycles. The molecular formula is C16H18O2. The van der Waals surface area contributed by atoms with E-state index in [0.29, 0.717) is 17.7 Å². The summed E-state index contributed by atoms with van der Waals surface area (Å²) in [5.74, 6) is 0.795. The number of hydrogen-bond donors (Lipinski definition) is 0. The lowest BCUT2D eigenvalue weighted by atomic mass is 9.96. The van der Waals surface area contributed by atoms with Crippen molar-refractivity contribution >= 4 is 5.78 Å². The molecule has 1 aromatic carbocycles. The number of allylic oxidation sites excluding steroid dienone is 4. The van der Waals surface area contributed by atoms with Crippen molar-refractivity contribution in [1.29, 1.82) is 0 Å². The molecule has 18 heavy (non-hydrogen) atoms. The van der Waals surface area contributed by atoms with Gasteiger partial charge in [-0.25, -0.2) is 0 Å². The molecule has 0 amide bonds. The lowest BCUT2D eigenvalue weighted by Gasteiger charge is -2.11. The van der Waals surface area contributed by atoms with Gasteiger partial charge >= 0.3 is 0 Å². The van der Waals surface area contributed by atoms with E-state index in [-0.39, 0.29) is 5.78 Å². The zero-order valence-corrected chi connectivity index (χ0v) is 10.9. The molecule has 2 nitrogen and oxygen atoms in total. The summed E-state index contributed by atoms with van der Waals surface area (Å²) in [6.45, 7) is 1.95. The Kier molecular flexibility index (Phi) is 3.98. The van der Waals surface area contributed by atoms with E-state index in [0.717, 1.165) is 24.0 Å². The van der Waals surface area contributed by atoms with Gasteiger partial charge in [0.2, 0.25) is 0 Å². The maximum Gasteiger partial charge on any atom is 0.171 e. The third kappa shape index (κ3) is 2.70. The number of carbonyl (C=O) groups excluding carboxylic acids is 1. The second-order valence-electron chi connectivity index (χ2n) is 4.51. The standard InChI is InChI=1S/C16H18O2/c1-12-7-6-10-15(18-2)16(12)14(17)11-13-8-4-3-5-9-13/h4,6-10H,3,5,11H2,1-2H3. The van der Waals surface area contributed by atoms with Crippen molar-refractivity contribution in [3.05, 3.63) is 53.1 Å². The molecule has 94 valence electrons. The number of benzene rings is 1. The molecule has 0 radical (unpaired) electrons. The molecular weight excluding hydrogens is 224 g/mol. The molecule has 1 aliphatic carbocycles. The molecule has 0 saturated heterocycles. The van der Waals surface area contributed by atoms with E-state index in [1.54, 1.807) is 7.11 Å². The first-order chi connectivity index (χ1) is 8.72. The zero-order valence-electron chi connectivity index (χ0n) is 10.9. The Bertz CT molecular complexity index is 510. The van der Waals surface area contributed by atoms with Crippen LogP contribution in [0.1, 0.15) is 35.2 Å². The molecule has 0 fully saturated rings. The van der Waals surface area contributed by atoms with Gasteiger partial charge in [-0.2, -0.15) is 0 Å². The topological polar surface area (TPSA) is 26.3 Å². The second-order valence-corrected chi connectivity index (χ2v) is 4.51. The van der Waals surface area contributed by atoms with Gasteiger partial charge in [0.15, 0.2) is 5.78 Å². The second kappa shape index (κ2) is 5.67. The molecule has 1 aliphatic rings. The van der Waals surface area contributed by atoms with Crippen LogP contribution < -0.4 is 4.74 Å². The quantitative estimate of drug-likeness (QED) is 0.749. The van der Waals surface area contributed by atoms with Gasteiger partial charge in [0.25, 0.3) is 0 Å². The van der Waals surface area contributed by atoms with Gasteiger partial charge in [0.1, 0.15) is 5.75 Å². The predicted molar refractivity (Wildman–Crippen MR) is 73.1 cm³/mol. The number of rotatable bonds is 4. The Morgan fingerprint density at radius 2 is 2.17 bits per heavy atom. The highest BCUT2D eigenvalue weighted by Crippen LogP contribution is 2.25. The fourth-order valence-corrected chi connectivity index (χ4v) is 2.24. The Morgan fingerprint density at radius 3 is 2.83 bits per heavy atom. The molecule has 0 saturated carbocycles. The average Bonchev–Trinajstić information content (AvgIpc) is 2.39. The van der Waals surface area contributed by atoms with Crippen molar-refractivity contribution in [1.82, 2.24) is 0 Å². The predicted octanol–water partition coefficient (Wildman–Crippen LogP) is 3.85. The van der Waals surface area contributed by atoms with Crippen LogP contribution in [0.25, 0.3) is 0 Å². The first-order valence-corrected chi connectivity index (χ1v) is 6.24. The summed E-state index contributed by atoms with van der Waals surface area (Å²) in [4.78, 5) is 12.4. The summed E-state index contributed by atoms with van der Waals surface area (Å²) in [6.07, 6.45) is 8.87. The summed E-state index contributed by atoms with van der Waals surface area (Å²) >= 11 is 0. The van der Waals surface area contributed by atoms with E-state index in [4.69, 9.17) is 4.74 Å². The number of carbonyl (C=O) groups is 1. The van der Waals surface area contributed by atoms with Crippen LogP contribution in [0.3, 0.4) is 0 Å². The van der Waals surface area contributed by atoms with Crippen LogP contribution in [-0.2, 0) is 0 Å². The summed E-state index contributed by atoms with van der Waals surface area (Å²) < 4.78 is 5.28. The lowest BCUT2D eigenvalue weighted by Crippen LogP contribution is -2.06. The molecule has 0 aliphatic heterocycles. The molecule has 0 bridgehead atoms. The van der Waals surface area contributed by atoms with Crippen LogP contribution >= 0.6 is 0 Å². The van der Waals surface area contributed by atoms with Gasteiger partial charge in [0.05, 0.1) is 12.7 Å². The Hall–Kier alpha value is -1.83. The summed E-state index contributed by atoms with van der Waals surface area (Å²) in [7, 11) is 1.60. The normalized spacial score (nSPS) is 14.2. The number of methoxy groups -OCH3 is 1. The van der Waals surface area contributed by atoms with Gasteiger partial charge in [-0.15, -0.1) is 0 Å². The molecule has 0 heterocycles. The van der Waals surface area contributed by atoms with E-state index in [1.165, 1.54) is 0 Å². The van der Waals surface area contributed by atoms with E-state index < -0.39 is 0 Å². The van der Waals surface area contributed by atoms with E-state index in [2.05, 4.69) is 12.2 Å². The third-order valence-electron chi connectivity index (χ3n) is 3.17. The summed E-state index contributed by atoms with van der Waals surface area (Å²) in [5.41, 5.74) is 2.79. The lowest BCUT2D eigenvalue weighted by molar-refractivity contribution is 0.0990. The molecule has 0 unspecified atom stereocenters. The largest absolute Gasteiger partial charge is 0.496 e. The van der Waals surface area contributed by atoms with Crippen molar-refractivity contribution in [2.75, 3.05) is 7.11 Å². The fourth-order valence-electron chi connectivity index (χ4n) is 2.24. The molecule has 2 rings (SSSR count). The summed E-state index contributed by atoms with van der Waals surface area (Å²) in [5, 5.41) is 0. The van der Waals surface area contributed by atoms with Crippen molar-refractivity contribution in [2.24, 2.45) is 0 Å². The Morgan fingerprint density at radius 1 is 1.33 bits per heavy atom. The highest BCUT2D eigenvalue weighted by atomic mass is 16.5. The number of hydrogen-bond acceptors (Lipinski definition) is 2. The smallest absolute Gasteiger partial charge is 0.171 e. The van der Waals surface area contributed by atoms with Crippen LogP contribution in [0.4, 0.5) is 0 Å². The van der Waals surface area contributed by atoms with Crippen molar-refractivity contribution in [3.8, 4) is 5.75 Å². The molecule has 2 heteroatoms. The number of Topliss-reactive ketones (excluding diaryl/α,β-unsaturated/α-hetero) is 1. The minimum Gasteiger partial charge on any atom is -0.496 e. The minimum absolute atomic E-state index is 0.128. The van der Waals surface area contributed by atoms with Crippen LogP contribution in [0.2, 0.25) is 0 Å². The van der Waals surface area contributed by atoms with Gasteiger partial charge in [-0.3, -0.25) is 4.79 Å². The van der Waals surface area contributed by atoms with Gasteiger partial charge < -0.3 is 4.74 Å². The molecule has 0 N–H and O–H groups in total. The maximum atomic E-state index is 12.4. The van der Waals surface area contributed by atoms with E-state index >= 15 is 0 Å². The number of aryl methyl sites for hydroxylation is 1. The first-order valence-electron chi connectivity index (χ1n) is 6.24. The molecule has 1 aromatic rings. The van der Waals surface area contributed by atoms with Crippen LogP contribution in [0.15, 0.2) is 42.0 Å². The van der Waals surface area contributed by atoms with Gasteiger partial charge in [0, 0.05) is 6.42 Å².